The quantitative estimate of drug-likeness (QED) is 0.209. The molecule has 4 aliphatic rings. The Labute approximate surface area is 365 Å². The van der Waals surface area contributed by atoms with Gasteiger partial charge >= 0.3 is 12.2 Å². The fraction of sp³-hybridized carbons (Fsp3) is 0.385. The molecule has 324 valence electrons. The van der Waals surface area contributed by atoms with Crippen LogP contribution in [0.3, 0.4) is 0 Å². The Morgan fingerprint density at radius 1 is 0.516 bits per heavy atom. The van der Waals surface area contributed by atoms with Crippen molar-refractivity contribution < 1.29 is 28.7 Å². The van der Waals surface area contributed by atoms with Gasteiger partial charge in [-0.2, -0.15) is 0 Å². The van der Waals surface area contributed by atoms with E-state index in [2.05, 4.69) is 52.0 Å². The zero-order valence-electron chi connectivity index (χ0n) is 37.9. The smallest absolute Gasteiger partial charge is 0.410 e. The molecule has 4 N–H and O–H groups in total. The van der Waals surface area contributed by atoms with Crippen molar-refractivity contribution in [3.63, 3.8) is 0 Å². The van der Waals surface area contributed by atoms with Crippen LogP contribution in [0.4, 0.5) is 9.59 Å². The molecule has 2 aliphatic heterocycles. The first kappa shape index (κ1) is 43.9. The van der Waals surface area contributed by atoms with E-state index in [0.717, 1.165) is 70.2 Å². The number of amides is 4. The Bertz CT molecular complexity index is 2420. The van der Waals surface area contributed by atoms with Crippen molar-refractivity contribution in [3.05, 3.63) is 127 Å². The van der Waals surface area contributed by atoms with E-state index in [9.17, 15) is 19.2 Å². The third-order valence-electron chi connectivity index (χ3n) is 12.5. The molecule has 2 heterocycles. The predicted octanol–water partition coefficient (Wildman–Crippen LogP) is 10.2. The molecule has 62 heavy (non-hydrogen) atoms. The lowest BCUT2D eigenvalue weighted by molar-refractivity contribution is 0.0214. The number of ether oxygens (including phenoxy) is 2. The number of carbonyl (C=O) groups excluding carboxylic acids is 4. The first-order chi connectivity index (χ1) is 29.1. The van der Waals surface area contributed by atoms with Gasteiger partial charge in [0, 0.05) is 37.3 Å². The molecule has 2 aliphatic carbocycles. The Morgan fingerprint density at radius 2 is 0.887 bits per heavy atom. The highest BCUT2D eigenvalue weighted by Crippen LogP contribution is 2.45. The lowest BCUT2D eigenvalue weighted by Gasteiger charge is -2.32. The van der Waals surface area contributed by atoms with Crippen LogP contribution in [-0.2, 0) is 48.2 Å². The fourth-order valence-corrected chi connectivity index (χ4v) is 9.34. The molecule has 10 nitrogen and oxygen atoms in total. The summed E-state index contributed by atoms with van der Waals surface area (Å²) in [6.07, 6.45) is 2.50. The van der Waals surface area contributed by atoms with Crippen LogP contribution in [0.2, 0.25) is 0 Å². The van der Waals surface area contributed by atoms with Crippen molar-refractivity contribution in [2.24, 2.45) is 11.5 Å². The molecular weight excluding hydrogens is 777 g/mol. The van der Waals surface area contributed by atoms with Crippen molar-refractivity contribution in [3.8, 4) is 22.3 Å². The van der Waals surface area contributed by atoms with E-state index in [1.54, 1.807) is 9.80 Å². The van der Waals surface area contributed by atoms with Gasteiger partial charge in [-0.3, -0.25) is 9.59 Å². The molecule has 0 atom stereocenters. The molecule has 10 heteroatoms. The van der Waals surface area contributed by atoms with E-state index in [1.807, 2.05) is 77.9 Å². The highest BCUT2D eigenvalue weighted by Gasteiger charge is 2.32. The zero-order chi connectivity index (χ0) is 45.0. The fourth-order valence-electron chi connectivity index (χ4n) is 9.34. The van der Waals surface area contributed by atoms with E-state index < -0.39 is 11.2 Å². The SMILES string of the molecule is CC1=C(C)c2c(-c3cccc4c3CCN(C(=O)OC(C)(C)C)C4)ccc(C(N)=O)c2C1.CC1=C(C)c2c(-c3cccc4c3CCN(C(=O)OC(C)(C)C)C4)ccc(C(N)=O)c2C1. The number of nitrogens with zero attached hydrogens (tertiary/aromatic N) is 2. The van der Waals surface area contributed by atoms with Crippen molar-refractivity contribution in [1.29, 1.82) is 0 Å². The second-order valence-corrected chi connectivity index (χ2v) is 19.1. The molecule has 0 fully saturated rings. The number of carbonyl (C=O) groups is 4. The maximum absolute atomic E-state index is 12.6. The average molecular weight is 837 g/mol. The summed E-state index contributed by atoms with van der Waals surface area (Å²) in [5, 5.41) is 0. The molecule has 0 spiro atoms. The maximum Gasteiger partial charge on any atom is 0.410 e. The number of rotatable bonds is 4. The van der Waals surface area contributed by atoms with Gasteiger partial charge in [0.25, 0.3) is 0 Å². The molecule has 4 amide bonds. The van der Waals surface area contributed by atoms with Crippen LogP contribution in [0.15, 0.2) is 71.8 Å². The molecule has 4 aromatic carbocycles. The second kappa shape index (κ2) is 16.6. The van der Waals surface area contributed by atoms with Crippen LogP contribution >= 0.6 is 0 Å². The second-order valence-electron chi connectivity index (χ2n) is 19.1. The van der Waals surface area contributed by atoms with Gasteiger partial charge in [0.05, 0.1) is 0 Å². The van der Waals surface area contributed by atoms with E-state index in [4.69, 9.17) is 20.9 Å². The molecule has 8 rings (SSSR count). The summed E-state index contributed by atoms with van der Waals surface area (Å²) < 4.78 is 11.1. The first-order valence-electron chi connectivity index (χ1n) is 21.6. The molecular formula is C52H60N4O6. The van der Waals surface area contributed by atoms with Crippen LogP contribution in [-0.4, -0.2) is 58.1 Å². The standard InChI is InChI=1S/2C26H30N2O3/c2*1-15-13-22-21(24(27)29)10-9-20(23(22)16(15)2)19-8-6-7-17-14-28(12-11-18(17)19)25(30)31-26(3,4)5/h2*6-10H,11-14H2,1-5H3,(H2,27,29). The zero-order valence-corrected chi connectivity index (χ0v) is 37.9. The van der Waals surface area contributed by atoms with Crippen LogP contribution in [0.25, 0.3) is 33.4 Å². The lowest BCUT2D eigenvalue weighted by atomic mass is 9.85. The number of hydrogen-bond donors (Lipinski definition) is 2. The Morgan fingerprint density at radius 3 is 1.23 bits per heavy atom. The Hall–Kier alpha value is -6.16. The van der Waals surface area contributed by atoms with Gasteiger partial charge in [0.15, 0.2) is 0 Å². The van der Waals surface area contributed by atoms with Crippen LogP contribution in [0.5, 0.6) is 0 Å². The summed E-state index contributed by atoms with van der Waals surface area (Å²) in [4.78, 5) is 52.7. The summed E-state index contributed by atoms with van der Waals surface area (Å²) in [5.74, 6) is -0.762. The van der Waals surface area contributed by atoms with Crippen molar-refractivity contribution in [2.75, 3.05) is 13.1 Å². The molecule has 0 radical (unpaired) electrons. The Balaban J connectivity index is 0.000000186. The van der Waals surface area contributed by atoms with Gasteiger partial charge in [-0.15, -0.1) is 0 Å². The summed E-state index contributed by atoms with van der Waals surface area (Å²) >= 11 is 0. The van der Waals surface area contributed by atoms with Gasteiger partial charge in [-0.05, 0) is 185 Å². The third kappa shape index (κ3) is 8.65. The minimum absolute atomic E-state index is 0.273. The predicted molar refractivity (Wildman–Crippen MR) is 245 cm³/mol. The lowest BCUT2D eigenvalue weighted by Crippen LogP contribution is -2.40. The first-order valence-corrected chi connectivity index (χ1v) is 21.6. The van der Waals surface area contributed by atoms with Crippen LogP contribution < -0.4 is 11.5 Å². The topological polar surface area (TPSA) is 145 Å². The third-order valence-corrected chi connectivity index (χ3v) is 12.5. The van der Waals surface area contributed by atoms with Crippen molar-refractivity contribution >= 4 is 35.1 Å². The van der Waals surface area contributed by atoms with Gasteiger partial charge in [0.1, 0.15) is 11.2 Å². The van der Waals surface area contributed by atoms with Crippen molar-refractivity contribution in [1.82, 2.24) is 9.80 Å². The monoisotopic (exact) mass is 836 g/mol. The van der Waals surface area contributed by atoms with Gasteiger partial charge in [0.2, 0.25) is 11.8 Å². The molecule has 0 saturated heterocycles. The van der Waals surface area contributed by atoms with E-state index in [1.165, 1.54) is 44.5 Å². The number of allylic oxidation sites excluding steroid dienone is 4. The van der Waals surface area contributed by atoms with E-state index in [-0.39, 0.29) is 24.0 Å². The molecule has 0 saturated carbocycles. The summed E-state index contributed by atoms with van der Waals surface area (Å²) in [6.45, 7) is 22.1. The number of hydrogen-bond acceptors (Lipinski definition) is 6. The van der Waals surface area contributed by atoms with Gasteiger partial charge in [-0.1, -0.05) is 59.7 Å². The molecule has 0 aromatic heterocycles. The normalized spacial score (nSPS) is 15.6. The van der Waals surface area contributed by atoms with Crippen LogP contribution in [0.1, 0.15) is 134 Å². The summed E-state index contributed by atoms with van der Waals surface area (Å²) in [7, 11) is 0. The minimum Gasteiger partial charge on any atom is -0.444 e. The summed E-state index contributed by atoms with van der Waals surface area (Å²) in [5.41, 5.74) is 30.2. The number of fused-ring (bicyclic) bond motifs is 4. The van der Waals surface area contributed by atoms with Gasteiger partial charge in [-0.25, -0.2) is 9.59 Å². The Kier molecular flexibility index (Phi) is 11.8. The van der Waals surface area contributed by atoms with E-state index in [0.29, 0.717) is 37.3 Å². The molecule has 0 unspecified atom stereocenters. The largest absolute Gasteiger partial charge is 0.444 e. The molecule has 4 aromatic rings. The number of nitrogens with two attached hydrogens (primary N) is 2. The van der Waals surface area contributed by atoms with Crippen molar-refractivity contribution in [2.45, 2.75) is 119 Å². The van der Waals surface area contributed by atoms with Gasteiger partial charge < -0.3 is 30.7 Å². The van der Waals surface area contributed by atoms with Crippen LogP contribution in [0, 0.1) is 0 Å². The number of primary amides is 2. The minimum atomic E-state index is -0.510. The average Bonchev–Trinajstić information content (AvgIpc) is 3.67. The number of benzene rings is 4. The maximum atomic E-state index is 12.6. The molecule has 0 bridgehead atoms. The highest BCUT2D eigenvalue weighted by atomic mass is 16.6. The highest BCUT2D eigenvalue weighted by molar-refractivity contribution is 6.01. The summed E-state index contributed by atoms with van der Waals surface area (Å²) in [6, 6.07) is 20.3. The van der Waals surface area contributed by atoms with E-state index >= 15 is 0 Å².